The van der Waals surface area contributed by atoms with E-state index >= 15 is 0 Å². The van der Waals surface area contributed by atoms with Gasteiger partial charge < -0.3 is 16.2 Å². The average Bonchev–Trinajstić information content (AvgIpc) is 3.09. The van der Waals surface area contributed by atoms with E-state index < -0.39 is 11.7 Å². The lowest BCUT2D eigenvalue weighted by Gasteiger charge is -2.22. The highest BCUT2D eigenvalue weighted by atomic mass is 35.5. The third-order valence-electron chi connectivity index (χ3n) is 5.08. The summed E-state index contributed by atoms with van der Waals surface area (Å²) in [6.45, 7) is 3.66. The Morgan fingerprint density at radius 1 is 1.09 bits per heavy atom. The maximum absolute atomic E-state index is 11.3. The lowest BCUT2D eigenvalue weighted by molar-refractivity contribution is 0.0460. The van der Waals surface area contributed by atoms with Gasteiger partial charge in [-0.05, 0) is 73.4 Å². The van der Waals surface area contributed by atoms with Crippen LogP contribution in [0.15, 0.2) is 60.7 Å². The van der Waals surface area contributed by atoms with Crippen LogP contribution in [0.25, 0.3) is 21.3 Å². The van der Waals surface area contributed by atoms with Gasteiger partial charge in [-0.3, -0.25) is 0 Å². The zero-order valence-corrected chi connectivity index (χ0v) is 19.5. The van der Waals surface area contributed by atoms with Crippen molar-refractivity contribution in [1.29, 1.82) is 0 Å². The first-order chi connectivity index (χ1) is 15.2. The Kier molecular flexibility index (Phi) is 6.09. The predicted octanol–water partition coefficient (Wildman–Crippen LogP) is 6.21. The Balaban J connectivity index is 1.79. The maximum atomic E-state index is 11.3. The van der Waals surface area contributed by atoms with Crippen LogP contribution in [0.1, 0.15) is 30.0 Å². The fourth-order valence-electron chi connectivity index (χ4n) is 3.73. The second kappa shape index (κ2) is 8.81. The summed E-state index contributed by atoms with van der Waals surface area (Å²) in [5, 5.41) is 1.55. The van der Waals surface area contributed by atoms with Gasteiger partial charge in [0.05, 0.1) is 15.2 Å². The van der Waals surface area contributed by atoms with E-state index in [2.05, 4.69) is 12.1 Å². The summed E-state index contributed by atoms with van der Waals surface area (Å²) < 4.78 is 6.33. The van der Waals surface area contributed by atoms with Gasteiger partial charge in [-0.15, -0.1) is 11.3 Å². The highest BCUT2D eigenvalue weighted by molar-refractivity contribution is 7.18. The average molecular weight is 466 g/mol. The molecule has 4 rings (SSSR count). The first kappa shape index (κ1) is 22.1. The van der Waals surface area contributed by atoms with Gasteiger partial charge in [0.15, 0.2) is 0 Å². The number of anilines is 1. The second-order valence-electron chi connectivity index (χ2n) is 8.38. The molecule has 0 aliphatic carbocycles. The van der Waals surface area contributed by atoms with Crippen molar-refractivity contribution >= 4 is 44.9 Å². The summed E-state index contributed by atoms with van der Waals surface area (Å²) in [6.07, 6.45) is 0.451. The van der Waals surface area contributed by atoms with Crippen molar-refractivity contribution in [3.63, 3.8) is 0 Å². The molecule has 3 aromatic carbocycles. The van der Waals surface area contributed by atoms with Crippen molar-refractivity contribution in [3.05, 3.63) is 81.8 Å². The van der Waals surface area contributed by atoms with Gasteiger partial charge in [-0.1, -0.05) is 35.9 Å². The van der Waals surface area contributed by atoms with E-state index in [-0.39, 0.29) is 0 Å². The lowest BCUT2D eigenvalue weighted by Crippen LogP contribution is -2.33. The zero-order chi connectivity index (χ0) is 22.9. The highest BCUT2D eigenvalue weighted by Gasteiger charge is 2.25. The van der Waals surface area contributed by atoms with Crippen LogP contribution in [0.4, 0.5) is 10.5 Å². The molecule has 1 heterocycles. The van der Waals surface area contributed by atoms with Gasteiger partial charge >= 0.3 is 6.09 Å². The van der Waals surface area contributed by atoms with Crippen LogP contribution < -0.4 is 11.5 Å². The van der Waals surface area contributed by atoms with Crippen LogP contribution >= 0.6 is 22.9 Å². The molecule has 0 bridgehead atoms. The molecule has 5 nitrogen and oxygen atoms in total. The van der Waals surface area contributed by atoms with E-state index in [1.807, 2.05) is 62.4 Å². The molecule has 7 heteroatoms. The SMILES string of the molecule is CC(C)(Cc1nc2c(-c3cccc(Cl)c3)cc(Cc3ccc(N)cc3)cc2s1)OC(N)=O. The number of primary amides is 1. The van der Waals surface area contributed by atoms with E-state index in [0.29, 0.717) is 11.4 Å². The molecule has 0 saturated carbocycles. The molecule has 0 spiro atoms. The van der Waals surface area contributed by atoms with Gasteiger partial charge in [-0.2, -0.15) is 0 Å². The second-order valence-corrected chi connectivity index (χ2v) is 9.94. The summed E-state index contributed by atoms with van der Waals surface area (Å²) >= 11 is 7.88. The van der Waals surface area contributed by atoms with Crippen LogP contribution in [0.3, 0.4) is 0 Å². The third kappa shape index (κ3) is 5.21. The summed E-state index contributed by atoms with van der Waals surface area (Å²) in [6, 6.07) is 20.0. The molecule has 1 amide bonds. The van der Waals surface area contributed by atoms with Gasteiger partial charge in [0.25, 0.3) is 0 Å². The molecule has 0 fully saturated rings. The Morgan fingerprint density at radius 2 is 1.84 bits per heavy atom. The molecular formula is C25H24ClN3O2S. The first-order valence-electron chi connectivity index (χ1n) is 10.2. The van der Waals surface area contributed by atoms with Crippen molar-refractivity contribution in [2.45, 2.75) is 32.3 Å². The highest BCUT2D eigenvalue weighted by Crippen LogP contribution is 2.36. The minimum Gasteiger partial charge on any atom is -0.443 e. The number of fused-ring (bicyclic) bond motifs is 1. The number of nitrogens with two attached hydrogens (primary N) is 2. The molecular weight excluding hydrogens is 442 g/mol. The number of hydrogen-bond donors (Lipinski definition) is 2. The molecule has 0 aliphatic rings. The summed E-state index contributed by atoms with van der Waals surface area (Å²) in [5.74, 6) is 0. The summed E-state index contributed by atoms with van der Waals surface area (Å²) in [5.41, 5.74) is 16.3. The minimum atomic E-state index is -0.790. The van der Waals surface area contributed by atoms with E-state index in [4.69, 9.17) is 32.8 Å². The Morgan fingerprint density at radius 3 is 2.53 bits per heavy atom. The minimum absolute atomic E-state index is 0.470. The van der Waals surface area contributed by atoms with Gasteiger partial charge in [-0.25, -0.2) is 9.78 Å². The monoisotopic (exact) mass is 465 g/mol. The molecule has 4 aromatic rings. The number of carbonyl (C=O) groups excluding carboxylic acids is 1. The van der Waals surface area contributed by atoms with E-state index in [0.717, 1.165) is 38.5 Å². The van der Waals surface area contributed by atoms with Crippen molar-refractivity contribution < 1.29 is 9.53 Å². The molecule has 0 aliphatic heterocycles. The number of nitrogen functional groups attached to an aromatic ring is 1. The van der Waals surface area contributed by atoms with Crippen molar-refractivity contribution in [3.8, 4) is 11.1 Å². The molecule has 32 heavy (non-hydrogen) atoms. The van der Waals surface area contributed by atoms with Crippen LogP contribution in [0.5, 0.6) is 0 Å². The number of rotatable bonds is 6. The normalized spacial score (nSPS) is 11.6. The van der Waals surface area contributed by atoms with E-state index in [1.165, 1.54) is 11.1 Å². The largest absolute Gasteiger partial charge is 0.443 e. The molecule has 4 N–H and O–H groups in total. The van der Waals surface area contributed by atoms with Gasteiger partial charge in [0, 0.05) is 22.7 Å². The summed E-state index contributed by atoms with van der Waals surface area (Å²) in [4.78, 5) is 16.1. The standard InChI is InChI=1S/C25H24ClN3O2S/c1-25(2,31-24(28)30)14-22-29-23-20(17-4-3-5-18(26)13-17)11-16(12-21(23)32-22)10-15-6-8-19(27)9-7-15/h3-9,11-13H,10,14,27H2,1-2H3,(H2,28,30). The first-order valence-corrected chi connectivity index (χ1v) is 11.4. The molecule has 0 saturated heterocycles. The number of benzene rings is 3. The van der Waals surface area contributed by atoms with Crippen LogP contribution in [0, 0.1) is 0 Å². The van der Waals surface area contributed by atoms with Crippen LogP contribution in [-0.4, -0.2) is 16.7 Å². The van der Waals surface area contributed by atoms with Crippen molar-refractivity contribution in [2.24, 2.45) is 5.73 Å². The Hall–Kier alpha value is -3.09. The van der Waals surface area contributed by atoms with Crippen molar-refractivity contribution in [2.75, 3.05) is 5.73 Å². The number of carbonyl (C=O) groups is 1. The smallest absolute Gasteiger partial charge is 0.405 e. The fraction of sp³-hybridized carbons (Fsp3) is 0.200. The third-order valence-corrected chi connectivity index (χ3v) is 6.31. The molecule has 0 unspecified atom stereocenters. The van der Waals surface area contributed by atoms with E-state index in [9.17, 15) is 4.79 Å². The number of amides is 1. The Labute approximate surface area is 196 Å². The number of aromatic nitrogens is 1. The summed E-state index contributed by atoms with van der Waals surface area (Å²) in [7, 11) is 0. The molecule has 0 radical (unpaired) electrons. The van der Waals surface area contributed by atoms with Gasteiger partial charge in [0.2, 0.25) is 0 Å². The van der Waals surface area contributed by atoms with Crippen LogP contribution in [0.2, 0.25) is 5.02 Å². The molecule has 164 valence electrons. The van der Waals surface area contributed by atoms with Crippen molar-refractivity contribution in [1.82, 2.24) is 4.98 Å². The predicted molar refractivity (Wildman–Crippen MR) is 132 cm³/mol. The molecule has 1 aromatic heterocycles. The quantitative estimate of drug-likeness (QED) is 0.331. The number of hydrogen-bond acceptors (Lipinski definition) is 5. The van der Waals surface area contributed by atoms with E-state index in [1.54, 1.807) is 11.3 Å². The van der Waals surface area contributed by atoms with Crippen LogP contribution in [-0.2, 0) is 17.6 Å². The topological polar surface area (TPSA) is 91.2 Å². The number of ether oxygens (including phenoxy) is 1. The number of thiazole rings is 1. The molecule has 0 atom stereocenters. The lowest BCUT2D eigenvalue weighted by atomic mass is 9.98. The zero-order valence-electron chi connectivity index (χ0n) is 17.9. The number of halogens is 1. The van der Waals surface area contributed by atoms with Gasteiger partial charge in [0.1, 0.15) is 5.60 Å². The number of nitrogens with zero attached hydrogens (tertiary/aromatic N) is 1. The Bertz CT molecular complexity index is 1280. The maximum Gasteiger partial charge on any atom is 0.405 e. The fourth-order valence-corrected chi connectivity index (χ4v) is 5.19.